The molecule has 0 amide bonds. The summed E-state index contributed by atoms with van der Waals surface area (Å²) in [6.45, 7) is 8.07. The molecule has 0 aliphatic carbocycles. The molecule has 0 radical (unpaired) electrons. The Bertz CT molecular complexity index is 503. The van der Waals surface area contributed by atoms with Crippen molar-refractivity contribution in [3.8, 4) is 0 Å². The minimum absolute atomic E-state index is 0.127. The average Bonchev–Trinajstić information content (AvgIpc) is 2.97. The second kappa shape index (κ2) is 4.76. The molecule has 18 heavy (non-hydrogen) atoms. The van der Waals surface area contributed by atoms with Crippen LogP contribution < -0.4 is 0 Å². The van der Waals surface area contributed by atoms with Crippen molar-refractivity contribution in [1.82, 2.24) is 19.1 Å². The van der Waals surface area contributed by atoms with E-state index in [2.05, 4.69) is 9.97 Å². The van der Waals surface area contributed by atoms with Crippen LogP contribution in [0.2, 0.25) is 0 Å². The summed E-state index contributed by atoms with van der Waals surface area (Å²) in [6.07, 6.45) is 6.70. The third kappa shape index (κ3) is 2.08. The van der Waals surface area contributed by atoms with Crippen LogP contribution in [0, 0.1) is 0 Å². The molecule has 2 aromatic rings. The molecular formula is C13H18N4O. The van der Waals surface area contributed by atoms with Crippen molar-refractivity contribution in [3.05, 3.63) is 36.4 Å². The summed E-state index contributed by atoms with van der Waals surface area (Å²) in [5, 5.41) is 0. The van der Waals surface area contributed by atoms with Gasteiger partial charge < -0.3 is 0 Å². The van der Waals surface area contributed by atoms with Crippen molar-refractivity contribution >= 4 is 6.03 Å². The lowest BCUT2D eigenvalue weighted by Gasteiger charge is -2.12. The number of hydrogen-bond acceptors (Lipinski definition) is 3. The van der Waals surface area contributed by atoms with E-state index in [4.69, 9.17) is 0 Å². The van der Waals surface area contributed by atoms with Gasteiger partial charge in [-0.05, 0) is 0 Å². The Hall–Kier alpha value is -1.91. The predicted octanol–water partition coefficient (Wildman–Crippen LogP) is 2.84. The molecule has 2 heterocycles. The number of imidazole rings is 2. The zero-order valence-electron chi connectivity index (χ0n) is 11.2. The lowest BCUT2D eigenvalue weighted by atomic mass is 10.2. The first kappa shape index (κ1) is 12.5. The van der Waals surface area contributed by atoms with Crippen molar-refractivity contribution < 1.29 is 4.79 Å². The first-order chi connectivity index (χ1) is 8.52. The maximum Gasteiger partial charge on any atom is 0.339 e. The molecule has 2 rings (SSSR count). The Morgan fingerprint density at radius 3 is 1.67 bits per heavy atom. The van der Waals surface area contributed by atoms with Gasteiger partial charge in [0, 0.05) is 36.6 Å². The van der Waals surface area contributed by atoms with Crippen LogP contribution in [-0.4, -0.2) is 25.1 Å². The zero-order chi connectivity index (χ0) is 13.3. The zero-order valence-corrected chi connectivity index (χ0v) is 11.2. The second-order valence-corrected chi connectivity index (χ2v) is 4.90. The predicted molar refractivity (Wildman–Crippen MR) is 68.8 cm³/mol. The van der Waals surface area contributed by atoms with Gasteiger partial charge in [0.2, 0.25) is 0 Å². The highest BCUT2D eigenvalue weighted by Crippen LogP contribution is 2.15. The molecule has 0 saturated carbocycles. The lowest BCUT2D eigenvalue weighted by molar-refractivity contribution is 0.242. The van der Waals surface area contributed by atoms with Crippen LogP contribution in [0.5, 0.6) is 0 Å². The molecule has 0 spiro atoms. The molecule has 5 heteroatoms. The number of hydrogen-bond donors (Lipinski definition) is 0. The van der Waals surface area contributed by atoms with Gasteiger partial charge >= 0.3 is 6.03 Å². The van der Waals surface area contributed by atoms with Crippen LogP contribution in [-0.2, 0) is 0 Å². The Balaban J connectivity index is 2.42. The summed E-state index contributed by atoms with van der Waals surface area (Å²) in [5.41, 5.74) is 0. The Morgan fingerprint density at radius 1 is 0.944 bits per heavy atom. The standard InChI is InChI=1S/C13H18N4O/c1-9(2)11-14-5-7-16(11)13(18)17-8-6-15-12(17)10(3)4/h5-10H,1-4H3. The first-order valence-electron chi connectivity index (χ1n) is 6.13. The fourth-order valence-electron chi connectivity index (χ4n) is 1.92. The average molecular weight is 246 g/mol. The third-order valence-electron chi connectivity index (χ3n) is 2.78. The molecule has 0 fully saturated rings. The minimum Gasteiger partial charge on any atom is -0.254 e. The molecule has 0 bridgehead atoms. The summed E-state index contributed by atoms with van der Waals surface area (Å²) in [5.74, 6) is 1.94. The van der Waals surface area contributed by atoms with E-state index in [1.165, 1.54) is 0 Å². The lowest BCUT2D eigenvalue weighted by Crippen LogP contribution is -2.23. The van der Waals surface area contributed by atoms with E-state index in [9.17, 15) is 4.79 Å². The molecule has 0 unspecified atom stereocenters. The van der Waals surface area contributed by atoms with Crippen molar-refractivity contribution in [2.75, 3.05) is 0 Å². The number of carbonyl (C=O) groups is 1. The Labute approximate surface area is 106 Å². The van der Waals surface area contributed by atoms with E-state index in [0.717, 1.165) is 11.6 Å². The molecule has 0 aromatic carbocycles. The molecule has 0 N–H and O–H groups in total. The van der Waals surface area contributed by atoms with E-state index >= 15 is 0 Å². The highest BCUT2D eigenvalue weighted by Gasteiger charge is 2.18. The molecule has 0 aliphatic rings. The molecule has 5 nitrogen and oxygen atoms in total. The van der Waals surface area contributed by atoms with Crippen LogP contribution in [0.4, 0.5) is 4.79 Å². The monoisotopic (exact) mass is 246 g/mol. The van der Waals surface area contributed by atoms with E-state index < -0.39 is 0 Å². The van der Waals surface area contributed by atoms with Gasteiger partial charge in [0.15, 0.2) is 0 Å². The first-order valence-corrected chi connectivity index (χ1v) is 6.13. The summed E-state index contributed by atoms with van der Waals surface area (Å²) >= 11 is 0. The molecular weight excluding hydrogens is 228 g/mol. The van der Waals surface area contributed by atoms with Gasteiger partial charge in [-0.15, -0.1) is 0 Å². The maximum absolute atomic E-state index is 12.5. The molecule has 96 valence electrons. The van der Waals surface area contributed by atoms with Gasteiger partial charge in [-0.25, -0.2) is 14.8 Å². The fraction of sp³-hybridized carbons (Fsp3) is 0.462. The summed E-state index contributed by atoms with van der Waals surface area (Å²) < 4.78 is 3.16. The second-order valence-electron chi connectivity index (χ2n) is 4.90. The van der Waals surface area contributed by atoms with Crippen LogP contribution in [0.3, 0.4) is 0 Å². The smallest absolute Gasteiger partial charge is 0.254 e. The van der Waals surface area contributed by atoms with Crippen molar-refractivity contribution in [2.45, 2.75) is 39.5 Å². The van der Waals surface area contributed by atoms with E-state index in [0.29, 0.717) is 0 Å². The van der Waals surface area contributed by atoms with Crippen LogP contribution in [0.25, 0.3) is 0 Å². The molecule has 0 atom stereocenters. The van der Waals surface area contributed by atoms with Gasteiger partial charge in [0.1, 0.15) is 11.6 Å². The van der Waals surface area contributed by atoms with E-state index in [1.54, 1.807) is 33.9 Å². The maximum atomic E-state index is 12.5. The van der Waals surface area contributed by atoms with Gasteiger partial charge in [0.25, 0.3) is 0 Å². The van der Waals surface area contributed by atoms with Gasteiger partial charge in [-0.1, -0.05) is 27.7 Å². The fourth-order valence-corrected chi connectivity index (χ4v) is 1.92. The van der Waals surface area contributed by atoms with Crippen molar-refractivity contribution in [1.29, 1.82) is 0 Å². The quantitative estimate of drug-likeness (QED) is 0.818. The number of carbonyl (C=O) groups excluding carboxylic acids is 1. The normalized spacial score (nSPS) is 11.4. The molecule has 0 aliphatic heterocycles. The summed E-state index contributed by atoms with van der Waals surface area (Å²) in [6, 6.07) is -0.127. The number of rotatable bonds is 2. The summed E-state index contributed by atoms with van der Waals surface area (Å²) in [7, 11) is 0. The third-order valence-corrected chi connectivity index (χ3v) is 2.78. The van der Waals surface area contributed by atoms with Crippen LogP contribution >= 0.6 is 0 Å². The van der Waals surface area contributed by atoms with E-state index in [1.807, 2.05) is 27.7 Å². The van der Waals surface area contributed by atoms with Crippen LogP contribution in [0.15, 0.2) is 24.8 Å². The molecule has 2 aromatic heterocycles. The topological polar surface area (TPSA) is 52.7 Å². The van der Waals surface area contributed by atoms with Crippen molar-refractivity contribution in [2.24, 2.45) is 0 Å². The Morgan fingerprint density at radius 2 is 1.33 bits per heavy atom. The molecule has 0 saturated heterocycles. The number of nitrogens with zero attached hydrogens (tertiary/aromatic N) is 4. The summed E-state index contributed by atoms with van der Waals surface area (Å²) in [4.78, 5) is 20.9. The van der Waals surface area contributed by atoms with Crippen LogP contribution in [0.1, 0.15) is 51.2 Å². The Kier molecular flexibility index (Phi) is 3.32. The minimum atomic E-state index is -0.127. The van der Waals surface area contributed by atoms with Gasteiger partial charge in [-0.2, -0.15) is 0 Å². The van der Waals surface area contributed by atoms with Crippen molar-refractivity contribution in [3.63, 3.8) is 0 Å². The SMILES string of the molecule is CC(C)c1nccn1C(=O)n1ccnc1C(C)C. The highest BCUT2D eigenvalue weighted by molar-refractivity contribution is 5.80. The van der Waals surface area contributed by atoms with Gasteiger partial charge in [-0.3, -0.25) is 9.13 Å². The highest BCUT2D eigenvalue weighted by atomic mass is 16.2. The van der Waals surface area contributed by atoms with E-state index in [-0.39, 0.29) is 17.9 Å². The largest absolute Gasteiger partial charge is 0.339 e. The number of aromatic nitrogens is 4. The van der Waals surface area contributed by atoms with Gasteiger partial charge in [0.05, 0.1) is 0 Å².